The van der Waals surface area contributed by atoms with Crippen molar-refractivity contribution in [1.82, 2.24) is 9.97 Å². The molecule has 110 valence electrons. The van der Waals surface area contributed by atoms with Crippen LogP contribution in [0.15, 0.2) is 41.5 Å². The monoisotopic (exact) mass is 328 g/mol. The molecule has 0 aliphatic heterocycles. The number of pyridine rings is 1. The number of hydrogen-bond acceptors (Lipinski definition) is 5. The number of carbonyl (C=O) groups excluding carboxylic acids is 1. The quantitative estimate of drug-likeness (QED) is 0.744. The Hall–Kier alpha value is -2.31. The molecule has 0 fully saturated rings. The number of H-pyrrole nitrogens is 1. The van der Waals surface area contributed by atoms with E-state index in [1.807, 2.05) is 25.1 Å². The summed E-state index contributed by atoms with van der Waals surface area (Å²) >= 11 is 2.90. The minimum Gasteiger partial charge on any atom is -0.313 e. The van der Waals surface area contributed by atoms with Crippen molar-refractivity contribution in [3.63, 3.8) is 0 Å². The summed E-state index contributed by atoms with van der Waals surface area (Å²) < 4.78 is 1.14. The van der Waals surface area contributed by atoms with Gasteiger partial charge in [0.2, 0.25) is 0 Å². The number of aryl methyl sites for hydroxylation is 1. The van der Waals surface area contributed by atoms with Crippen LogP contribution in [-0.2, 0) is 0 Å². The normalized spacial score (nSPS) is 12.8. The number of aromatic nitrogens is 2. The van der Waals surface area contributed by atoms with Gasteiger partial charge in [-0.1, -0.05) is 0 Å². The molecule has 0 saturated heterocycles. The molecule has 3 rings (SSSR count). The molecule has 0 bridgehead atoms. The molecular weight excluding hydrogens is 316 g/mol. The molecule has 0 unspecified atom stereocenters. The molecule has 3 aromatic heterocycles. The van der Waals surface area contributed by atoms with Gasteiger partial charge in [-0.25, -0.2) is 0 Å². The highest BCUT2D eigenvalue weighted by Crippen LogP contribution is 2.15. The molecule has 0 atom stereocenters. The van der Waals surface area contributed by atoms with Crippen LogP contribution in [0.1, 0.15) is 20.1 Å². The fourth-order valence-electron chi connectivity index (χ4n) is 1.90. The van der Waals surface area contributed by atoms with Crippen molar-refractivity contribution in [2.24, 2.45) is 0 Å². The first-order valence-electron chi connectivity index (χ1n) is 6.55. The molecule has 0 spiro atoms. The van der Waals surface area contributed by atoms with Crippen molar-refractivity contribution >= 4 is 40.6 Å². The lowest BCUT2D eigenvalue weighted by Gasteiger charge is -1.91. The zero-order valence-electron chi connectivity index (χ0n) is 11.7. The second-order valence-electron chi connectivity index (χ2n) is 4.62. The molecule has 3 heterocycles. The first-order valence-corrected chi connectivity index (χ1v) is 8.18. The van der Waals surface area contributed by atoms with Crippen molar-refractivity contribution in [3.8, 4) is 0 Å². The van der Waals surface area contributed by atoms with Gasteiger partial charge in [-0.2, -0.15) is 0 Å². The Morgan fingerprint density at radius 2 is 1.95 bits per heavy atom. The summed E-state index contributed by atoms with van der Waals surface area (Å²) in [6, 6.07) is 7.28. The summed E-state index contributed by atoms with van der Waals surface area (Å²) in [5.41, 5.74) is 0.369. The third kappa shape index (κ3) is 3.29. The number of rotatable bonds is 3. The van der Waals surface area contributed by atoms with Gasteiger partial charge >= 0.3 is 0 Å². The van der Waals surface area contributed by atoms with Gasteiger partial charge in [-0.05, 0) is 37.3 Å². The number of aromatic amines is 1. The first-order chi connectivity index (χ1) is 10.6. The van der Waals surface area contributed by atoms with Crippen LogP contribution in [-0.4, -0.2) is 15.8 Å². The van der Waals surface area contributed by atoms with Crippen LogP contribution in [0, 0.1) is 6.92 Å². The molecule has 0 radical (unpaired) electrons. The third-order valence-corrected chi connectivity index (χ3v) is 4.85. The summed E-state index contributed by atoms with van der Waals surface area (Å²) in [4.78, 5) is 32.9. The minimum absolute atomic E-state index is 0.154. The molecular formula is C16H12N2O2S2. The highest BCUT2D eigenvalue weighted by Gasteiger charge is 2.02. The Balaban J connectivity index is 1.99. The zero-order valence-corrected chi connectivity index (χ0v) is 13.3. The molecule has 6 heteroatoms. The van der Waals surface area contributed by atoms with Crippen molar-refractivity contribution in [2.75, 3.05) is 0 Å². The Morgan fingerprint density at radius 1 is 1.18 bits per heavy atom. The van der Waals surface area contributed by atoms with E-state index in [1.54, 1.807) is 35.9 Å². The summed E-state index contributed by atoms with van der Waals surface area (Å²) in [6.45, 7) is 2.02. The summed E-state index contributed by atoms with van der Waals surface area (Å²) in [5.74, 6) is -0.154. The number of carbonyl (C=O) groups is 1. The maximum absolute atomic E-state index is 12.1. The van der Waals surface area contributed by atoms with E-state index in [2.05, 4.69) is 9.97 Å². The van der Waals surface area contributed by atoms with E-state index in [0.29, 0.717) is 14.8 Å². The van der Waals surface area contributed by atoms with E-state index in [1.165, 1.54) is 22.3 Å². The molecule has 22 heavy (non-hydrogen) atoms. The van der Waals surface area contributed by atoms with Gasteiger partial charge in [0.05, 0.1) is 9.20 Å². The zero-order chi connectivity index (χ0) is 15.5. The summed E-state index contributed by atoms with van der Waals surface area (Å²) in [6.07, 6.45) is 6.42. The van der Waals surface area contributed by atoms with Gasteiger partial charge in [0.1, 0.15) is 0 Å². The number of hydrogen-bond donors (Lipinski definition) is 1. The summed E-state index contributed by atoms with van der Waals surface area (Å²) in [7, 11) is 0. The van der Waals surface area contributed by atoms with Gasteiger partial charge in [-0.15, -0.1) is 22.7 Å². The van der Waals surface area contributed by atoms with Gasteiger partial charge in [-0.3, -0.25) is 14.6 Å². The van der Waals surface area contributed by atoms with Crippen molar-refractivity contribution < 1.29 is 4.79 Å². The lowest BCUT2D eigenvalue weighted by atomic mass is 10.2. The molecule has 3 aromatic rings. The highest BCUT2D eigenvalue weighted by atomic mass is 32.1. The standard InChI is InChI=1S/C16H12N2O2S2/c1-10-2-3-12(21-10)8-14-16(20)18-15(22-14)9-13(19)11-4-6-17-7-5-11/h2-9H,1H3,(H,18,20)/b14-8-,15-9-. The molecule has 0 saturated carbocycles. The summed E-state index contributed by atoms with van der Waals surface area (Å²) in [5, 5.41) is 0. The Bertz CT molecular complexity index is 981. The van der Waals surface area contributed by atoms with Crippen molar-refractivity contribution in [2.45, 2.75) is 6.92 Å². The predicted octanol–water partition coefficient (Wildman–Crippen LogP) is 1.69. The SMILES string of the molecule is Cc1ccc(/C=c2\s/c(=C\C(=O)c3ccncc3)[nH]c2=O)s1. The van der Waals surface area contributed by atoms with E-state index in [0.717, 1.165) is 4.88 Å². The fourth-order valence-corrected chi connectivity index (χ4v) is 3.67. The van der Waals surface area contributed by atoms with E-state index >= 15 is 0 Å². The lowest BCUT2D eigenvalue weighted by Crippen LogP contribution is -2.19. The van der Waals surface area contributed by atoms with E-state index in [4.69, 9.17) is 0 Å². The van der Waals surface area contributed by atoms with Crippen LogP contribution in [0.4, 0.5) is 0 Å². The number of thiazole rings is 1. The molecule has 0 aliphatic rings. The fraction of sp³-hybridized carbons (Fsp3) is 0.0625. The van der Waals surface area contributed by atoms with E-state index in [-0.39, 0.29) is 11.3 Å². The van der Waals surface area contributed by atoms with E-state index in [9.17, 15) is 9.59 Å². The van der Waals surface area contributed by atoms with Crippen LogP contribution in [0.2, 0.25) is 0 Å². The number of nitrogens with one attached hydrogen (secondary N) is 1. The average molecular weight is 328 g/mol. The number of Topliss-reactive ketones (excluding diaryl/α,β-unsaturated/α-hetero) is 1. The Morgan fingerprint density at radius 3 is 2.64 bits per heavy atom. The van der Waals surface area contributed by atoms with Gasteiger partial charge < -0.3 is 4.98 Å². The topological polar surface area (TPSA) is 62.8 Å². The average Bonchev–Trinajstić information content (AvgIpc) is 3.06. The van der Waals surface area contributed by atoms with Crippen molar-refractivity contribution in [3.05, 3.63) is 71.5 Å². The number of ketones is 1. The number of nitrogens with zero attached hydrogens (tertiary/aromatic N) is 1. The van der Waals surface area contributed by atoms with Crippen LogP contribution < -0.4 is 14.8 Å². The van der Waals surface area contributed by atoms with Crippen LogP contribution >= 0.6 is 22.7 Å². The molecule has 4 nitrogen and oxygen atoms in total. The smallest absolute Gasteiger partial charge is 0.266 e. The van der Waals surface area contributed by atoms with Gasteiger partial charge in [0, 0.05) is 33.8 Å². The van der Waals surface area contributed by atoms with Crippen LogP contribution in [0.3, 0.4) is 0 Å². The van der Waals surface area contributed by atoms with Gasteiger partial charge in [0.15, 0.2) is 5.78 Å². The molecule has 1 N–H and O–H groups in total. The maximum atomic E-state index is 12.1. The molecule has 0 aromatic carbocycles. The van der Waals surface area contributed by atoms with Crippen molar-refractivity contribution in [1.29, 1.82) is 0 Å². The van der Waals surface area contributed by atoms with Crippen LogP contribution in [0.25, 0.3) is 12.2 Å². The maximum Gasteiger partial charge on any atom is 0.266 e. The highest BCUT2D eigenvalue weighted by molar-refractivity contribution is 7.13. The van der Waals surface area contributed by atoms with Gasteiger partial charge in [0.25, 0.3) is 5.56 Å². The first kappa shape index (κ1) is 14.6. The van der Waals surface area contributed by atoms with Crippen LogP contribution in [0.5, 0.6) is 0 Å². The predicted molar refractivity (Wildman–Crippen MR) is 89.8 cm³/mol. The largest absolute Gasteiger partial charge is 0.313 e. The molecule has 0 amide bonds. The number of thiophene rings is 1. The molecule has 0 aliphatic carbocycles. The Kier molecular flexibility index (Phi) is 4.13. The lowest BCUT2D eigenvalue weighted by molar-refractivity contribution is 0.106. The Labute approximate surface area is 134 Å². The van der Waals surface area contributed by atoms with E-state index < -0.39 is 0 Å². The minimum atomic E-state index is -0.176. The second-order valence-corrected chi connectivity index (χ2v) is 7.03. The second kappa shape index (κ2) is 6.21. The third-order valence-electron chi connectivity index (χ3n) is 2.94.